The maximum Gasteiger partial charge on any atom is 0.223 e. The first-order chi connectivity index (χ1) is 10.3. The summed E-state index contributed by atoms with van der Waals surface area (Å²) in [5.74, 6) is 0.940. The Morgan fingerprint density at radius 3 is 2.67 bits per heavy atom. The molecular formula is C18H25NO2. The Bertz CT molecular complexity index is 454. The molecule has 0 radical (unpaired) electrons. The average molecular weight is 287 g/mol. The molecule has 1 aromatic rings. The van der Waals surface area contributed by atoms with Gasteiger partial charge in [-0.25, -0.2) is 0 Å². The molecule has 0 bridgehead atoms. The Morgan fingerprint density at radius 1 is 1.14 bits per heavy atom. The van der Waals surface area contributed by atoms with Crippen LogP contribution >= 0.6 is 0 Å². The maximum absolute atomic E-state index is 12.5. The highest BCUT2D eigenvalue weighted by atomic mass is 16.5. The van der Waals surface area contributed by atoms with Crippen LogP contribution in [0.4, 0.5) is 0 Å². The van der Waals surface area contributed by atoms with Crippen LogP contribution in [0.25, 0.3) is 0 Å². The van der Waals surface area contributed by atoms with Gasteiger partial charge >= 0.3 is 0 Å². The zero-order chi connectivity index (χ0) is 14.5. The lowest BCUT2D eigenvalue weighted by atomic mass is 9.86. The summed E-state index contributed by atoms with van der Waals surface area (Å²) in [4.78, 5) is 14.5. The number of rotatable bonds is 3. The summed E-state index contributed by atoms with van der Waals surface area (Å²) in [6, 6.07) is 10.2. The fourth-order valence-electron chi connectivity index (χ4n) is 3.51. The van der Waals surface area contributed by atoms with E-state index < -0.39 is 0 Å². The van der Waals surface area contributed by atoms with E-state index in [9.17, 15) is 4.79 Å². The molecule has 0 N–H and O–H groups in total. The summed E-state index contributed by atoms with van der Waals surface area (Å²) in [6.07, 6.45) is 7.19. The number of nitrogens with zero attached hydrogens (tertiary/aromatic N) is 1. The molecule has 0 spiro atoms. The van der Waals surface area contributed by atoms with Crippen LogP contribution in [0.2, 0.25) is 0 Å². The third-order valence-electron chi connectivity index (χ3n) is 4.78. The Hall–Kier alpha value is -1.35. The van der Waals surface area contributed by atoms with E-state index in [-0.39, 0.29) is 6.10 Å². The van der Waals surface area contributed by atoms with Crippen LogP contribution < -0.4 is 0 Å². The standard InChI is InChI=1S/C18H25NO2/c20-18(13-15-7-3-1-4-8-15)19-11-12-21-17(14-19)16-9-5-2-6-10-16/h2,5-6,9-10,15,17H,1,3-4,7-8,11-14H2. The molecule has 1 aliphatic carbocycles. The van der Waals surface area contributed by atoms with Crippen molar-refractivity contribution in [2.45, 2.75) is 44.6 Å². The lowest BCUT2D eigenvalue weighted by Crippen LogP contribution is -2.42. The predicted molar refractivity (Wildman–Crippen MR) is 82.9 cm³/mol. The second kappa shape index (κ2) is 7.08. The van der Waals surface area contributed by atoms with Crippen molar-refractivity contribution in [3.8, 4) is 0 Å². The van der Waals surface area contributed by atoms with E-state index in [1.807, 2.05) is 23.1 Å². The minimum absolute atomic E-state index is 0.0373. The molecule has 1 saturated carbocycles. The van der Waals surface area contributed by atoms with Gasteiger partial charge in [0, 0.05) is 13.0 Å². The number of carbonyl (C=O) groups is 1. The number of hydrogen-bond donors (Lipinski definition) is 0. The van der Waals surface area contributed by atoms with Gasteiger partial charge in [-0.15, -0.1) is 0 Å². The number of amides is 1. The molecule has 2 aliphatic rings. The minimum atomic E-state index is 0.0373. The zero-order valence-electron chi connectivity index (χ0n) is 12.7. The van der Waals surface area contributed by atoms with Gasteiger partial charge in [-0.05, 0) is 24.3 Å². The second-order valence-electron chi connectivity index (χ2n) is 6.32. The molecule has 21 heavy (non-hydrogen) atoms. The molecule has 3 rings (SSSR count). The van der Waals surface area contributed by atoms with Gasteiger partial charge in [-0.2, -0.15) is 0 Å². The fraction of sp³-hybridized carbons (Fsp3) is 0.611. The first-order valence-corrected chi connectivity index (χ1v) is 8.27. The van der Waals surface area contributed by atoms with Crippen molar-refractivity contribution < 1.29 is 9.53 Å². The first-order valence-electron chi connectivity index (χ1n) is 8.27. The van der Waals surface area contributed by atoms with Crippen LogP contribution in [0.3, 0.4) is 0 Å². The smallest absolute Gasteiger partial charge is 0.223 e. The van der Waals surface area contributed by atoms with Crippen molar-refractivity contribution in [1.29, 1.82) is 0 Å². The van der Waals surface area contributed by atoms with E-state index in [0.29, 0.717) is 25.0 Å². The summed E-state index contributed by atoms with van der Waals surface area (Å²) >= 11 is 0. The molecule has 1 atom stereocenters. The molecule has 0 aromatic heterocycles. The molecule has 1 saturated heterocycles. The maximum atomic E-state index is 12.5. The highest BCUT2D eigenvalue weighted by Crippen LogP contribution is 2.28. The zero-order valence-corrected chi connectivity index (χ0v) is 12.7. The van der Waals surface area contributed by atoms with E-state index in [1.165, 1.54) is 37.7 Å². The van der Waals surface area contributed by atoms with Crippen LogP contribution in [0.1, 0.15) is 50.2 Å². The molecule has 1 amide bonds. The van der Waals surface area contributed by atoms with E-state index >= 15 is 0 Å². The summed E-state index contributed by atoms with van der Waals surface area (Å²) in [5, 5.41) is 0. The molecule has 1 unspecified atom stereocenters. The van der Waals surface area contributed by atoms with E-state index in [1.54, 1.807) is 0 Å². The topological polar surface area (TPSA) is 29.5 Å². The van der Waals surface area contributed by atoms with Gasteiger partial charge in [0.25, 0.3) is 0 Å². The summed E-state index contributed by atoms with van der Waals surface area (Å²) in [6.45, 7) is 2.10. The Labute approximate surface area is 127 Å². The van der Waals surface area contributed by atoms with Gasteiger partial charge < -0.3 is 9.64 Å². The number of benzene rings is 1. The Balaban J connectivity index is 1.56. The fourth-order valence-corrected chi connectivity index (χ4v) is 3.51. The molecular weight excluding hydrogens is 262 g/mol. The highest BCUT2D eigenvalue weighted by molar-refractivity contribution is 5.76. The Morgan fingerprint density at radius 2 is 1.90 bits per heavy atom. The number of hydrogen-bond acceptors (Lipinski definition) is 2. The average Bonchev–Trinajstić information content (AvgIpc) is 2.57. The monoisotopic (exact) mass is 287 g/mol. The minimum Gasteiger partial charge on any atom is -0.370 e. The molecule has 1 heterocycles. The SMILES string of the molecule is O=C(CC1CCCCC1)N1CCOC(c2ccccc2)C1. The summed E-state index contributed by atoms with van der Waals surface area (Å²) in [7, 11) is 0. The van der Waals surface area contributed by atoms with Gasteiger partial charge in [0.1, 0.15) is 6.10 Å². The van der Waals surface area contributed by atoms with Crippen molar-refractivity contribution in [2.24, 2.45) is 5.92 Å². The Kier molecular flexibility index (Phi) is 4.91. The van der Waals surface area contributed by atoms with Crippen molar-refractivity contribution in [1.82, 2.24) is 4.90 Å². The molecule has 3 nitrogen and oxygen atoms in total. The summed E-state index contributed by atoms with van der Waals surface area (Å²) in [5.41, 5.74) is 1.17. The van der Waals surface area contributed by atoms with E-state index in [2.05, 4.69) is 12.1 Å². The number of ether oxygens (including phenoxy) is 1. The largest absolute Gasteiger partial charge is 0.370 e. The first kappa shape index (κ1) is 14.6. The second-order valence-corrected chi connectivity index (χ2v) is 6.32. The summed E-state index contributed by atoms with van der Waals surface area (Å²) < 4.78 is 5.84. The van der Waals surface area contributed by atoms with Gasteiger partial charge in [0.05, 0.1) is 13.2 Å². The lowest BCUT2D eigenvalue weighted by molar-refractivity contribution is -0.140. The molecule has 2 fully saturated rings. The van der Waals surface area contributed by atoms with Gasteiger partial charge in [0.15, 0.2) is 0 Å². The third-order valence-corrected chi connectivity index (χ3v) is 4.78. The van der Waals surface area contributed by atoms with Crippen LogP contribution in [0, 0.1) is 5.92 Å². The van der Waals surface area contributed by atoms with Crippen LogP contribution in [0.15, 0.2) is 30.3 Å². The number of carbonyl (C=O) groups excluding carboxylic acids is 1. The van der Waals surface area contributed by atoms with E-state index in [4.69, 9.17) is 4.74 Å². The quantitative estimate of drug-likeness (QED) is 0.850. The molecule has 1 aliphatic heterocycles. The predicted octanol–water partition coefficient (Wildman–Crippen LogP) is 3.56. The van der Waals surface area contributed by atoms with Crippen molar-refractivity contribution in [3.63, 3.8) is 0 Å². The van der Waals surface area contributed by atoms with Crippen LogP contribution in [0.5, 0.6) is 0 Å². The highest BCUT2D eigenvalue weighted by Gasteiger charge is 2.27. The lowest BCUT2D eigenvalue weighted by Gasteiger charge is -2.34. The third kappa shape index (κ3) is 3.85. The van der Waals surface area contributed by atoms with Gasteiger partial charge in [-0.3, -0.25) is 4.79 Å². The molecule has 1 aromatic carbocycles. The van der Waals surface area contributed by atoms with Crippen molar-refractivity contribution in [3.05, 3.63) is 35.9 Å². The van der Waals surface area contributed by atoms with Crippen LogP contribution in [-0.2, 0) is 9.53 Å². The number of morpholine rings is 1. The molecule has 114 valence electrons. The van der Waals surface area contributed by atoms with Gasteiger partial charge in [-0.1, -0.05) is 49.6 Å². The van der Waals surface area contributed by atoms with Crippen molar-refractivity contribution in [2.75, 3.05) is 19.7 Å². The van der Waals surface area contributed by atoms with Gasteiger partial charge in [0.2, 0.25) is 5.91 Å². The van der Waals surface area contributed by atoms with Crippen LogP contribution in [-0.4, -0.2) is 30.5 Å². The van der Waals surface area contributed by atoms with E-state index in [0.717, 1.165) is 13.0 Å². The molecule has 3 heteroatoms. The van der Waals surface area contributed by atoms with Crippen molar-refractivity contribution >= 4 is 5.91 Å². The normalized spacial score (nSPS) is 24.0.